The molecule has 1 fully saturated rings. The minimum atomic E-state index is -3.52. The van der Waals surface area contributed by atoms with Crippen molar-refractivity contribution < 1.29 is 13.2 Å². The number of nitrogens with one attached hydrogen (secondary N) is 1. The number of hydrogen-bond donors (Lipinski definition) is 1. The Bertz CT molecular complexity index is 857. The second-order valence-corrected chi connectivity index (χ2v) is 9.43. The minimum Gasteiger partial charge on any atom is -0.321 e. The molecule has 1 saturated heterocycles. The van der Waals surface area contributed by atoms with E-state index in [0.29, 0.717) is 29.6 Å². The molecule has 134 valence electrons. The summed E-state index contributed by atoms with van der Waals surface area (Å²) in [6, 6.07) is 8.96. The van der Waals surface area contributed by atoms with Crippen molar-refractivity contribution in [1.29, 1.82) is 0 Å². The minimum absolute atomic E-state index is 0.209. The molecule has 0 spiro atoms. The van der Waals surface area contributed by atoms with E-state index in [1.807, 2.05) is 31.2 Å². The molecule has 25 heavy (non-hydrogen) atoms. The Morgan fingerprint density at radius 2 is 2.00 bits per heavy atom. The molecule has 5 nitrogen and oxygen atoms in total. The lowest BCUT2D eigenvalue weighted by Gasteiger charge is -2.29. The maximum absolute atomic E-state index is 12.8. The van der Waals surface area contributed by atoms with Gasteiger partial charge in [0, 0.05) is 24.2 Å². The predicted octanol–water partition coefficient (Wildman–Crippen LogP) is 3.73. The Morgan fingerprint density at radius 1 is 1.28 bits per heavy atom. The van der Waals surface area contributed by atoms with E-state index in [-0.39, 0.29) is 10.8 Å². The largest absolute Gasteiger partial charge is 0.321 e. The summed E-state index contributed by atoms with van der Waals surface area (Å²) in [5, 5.41) is 4.35. The van der Waals surface area contributed by atoms with Gasteiger partial charge in [-0.15, -0.1) is 11.3 Å². The van der Waals surface area contributed by atoms with Gasteiger partial charge < -0.3 is 5.32 Å². The van der Waals surface area contributed by atoms with Crippen molar-refractivity contribution in [3.63, 3.8) is 0 Å². The first-order valence-corrected chi connectivity index (χ1v) is 10.6. The van der Waals surface area contributed by atoms with Crippen LogP contribution in [-0.4, -0.2) is 31.7 Å². The molecular weight excluding hydrogens is 356 g/mol. The normalized spacial score (nSPS) is 18.9. The van der Waals surface area contributed by atoms with Crippen molar-refractivity contribution in [3.8, 4) is 0 Å². The van der Waals surface area contributed by atoms with Crippen molar-refractivity contribution >= 4 is 33.0 Å². The molecule has 0 saturated carbocycles. The highest BCUT2D eigenvalue weighted by Gasteiger charge is 2.30. The molecule has 1 aliphatic rings. The fourth-order valence-corrected chi connectivity index (χ4v) is 5.67. The van der Waals surface area contributed by atoms with Gasteiger partial charge in [0.1, 0.15) is 0 Å². The first kappa shape index (κ1) is 18.1. The van der Waals surface area contributed by atoms with Gasteiger partial charge in [0.2, 0.25) is 10.0 Å². The molecule has 1 atom stereocenters. The Labute approximate surface area is 152 Å². The maximum atomic E-state index is 12.8. The van der Waals surface area contributed by atoms with E-state index >= 15 is 0 Å². The smallest absolute Gasteiger partial charge is 0.265 e. The highest BCUT2D eigenvalue weighted by molar-refractivity contribution is 7.89. The molecule has 1 amide bonds. The molecular formula is C18H22N2O3S2. The number of sulfonamides is 1. The van der Waals surface area contributed by atoms with Crippen LogP contribution in [0.2, 0.25) is 0 Å². The molecule has 0 aliphatic carbocycles. The maximum Gasteiger partial charge on any atom is 0.265 e. The lowest BCUT2D eigenvalue weighted by atomic mass is 10.0. The van der Waals surface area contributed by atoms with Gasteiger partial charge >= 0.3 is 0 Å². The molecule has 7 heteroatoms. The van der Waals surface area contributed by atoms with Gasteiger partial charge in [0.15, 0.2) is 0 Å². The van der Waals surface area contributed by atoms with Crippen molar-refractivity contribution in [3.05, 3.63) is 46.2 Å². The molecule has 3 rings (SSSR count). The van der Waals surface area contributed by atoms with E-state index in [0.717, 1.165) is 29.7 Å². The van der Waals surface area contributed by atoms with E-state index in [9.17, 15) is 13.2 Å². The number of anilines is 1. The highest BCUT2D eigenvalue weighted by atomic mass is 32.2. The van der Waals surface area contributed by atoms with Crippen LogP contribution in [0.25, 0.3) is 0 Å². The van der Waals surface area contributed by atoms with Gasteiger partial charge in [-0.25, -0.2) is 8.42 Å². The number of aryl methyl sites for hydroxylation is 1. The summed E-state index contributed by atoms with van der Waals surface area (Å²) >= 11 is 1.15. The predicted molar refractivity (Wildman–Crippen MR) is 101 cm³/mol. The summed E-state index contributed by atoms with van der Waals surface area (Å²) in [6.07, 6.45) is 1.94. The van der Waals surface area contributed by atoms with Crippen molar-refractivity contribution in [2.24, 2.45) is 5.92 Å². The number of piperidine rings is 1. The van der Waals surface area contributed by atoms with Gasteiger partial charge in [-0.05, 0) is 43.9 Å². The van der Waals surface area contributed by atoms with Crippen LogP contribution in [0.5, 0.6) is 0 Å². The van der Waals surface area contributed by atoms with Crippen LogP contribution in [0.1, 0.15) is 35.0 Å². The lowest BCUT2D eigenvalue weighted by molar-refractivity contribution is 0.103. The third-order valence-corrected chi connectivity index (χ3v) is 7.29. The number of thiophene rings is 1. The van der Waals surface area contributed by atoms with Crippen LogP contribution in [0.15, 0.2) is 40.6 Å². The Morgan fingerprint density at radius 3 is 2.68 bits per heavy atom. The molecule has 0 radical (unpaired) electrons. The van der Waals surface area contributed by atoms with Crippen LogP contribution >= 0.6 is 11.3 Å². The highest BCUT2D eigenvalue weighted by Crippen LogP contribution is 2.27. The van der Waals surface area contributed by atoms with Crippen LogP contribution in [0.4, 0.5) is 5.69 Å². The zero-order chi connectivity index (χ0) is 18.0. The number of hydrogen-bond acceptors (Lipinski definition) is 4. The molecule has 1 N–H and O–H groups in total. The van der Waals surface area contributed by atoms with Crippen molar-refractivity contribution in [2.75, 3.05) is 18.4 Å². The van der Waals surface area contributed by atoms with E-state index < -0.39 is 10.0 Å². The van der Waals surface area contributed by atoms with Crippen LogP contribution < -0.4 is 5.32 Å². The van der Waals surface area contributed by atoms with Crippen LogP contribution in [0, 0.1) is 12.8 Å². The van der Waals surface area contributed by atoms with E-state index in [1.165, 1.54) is 10.4 Å². The second kappa shape index (κ2) is 7.27. The Kier molecular flexibility index (Phi) is 5.27. The fraction of sp³-hybridized carbons (Fsp3) is 0.389. The van der Waals surface area contributed by atoms with Crippen molar-refractivity contribution in [2.45, 2.75) is 31.6 Å². The summed E-state index contributed by atoms with van der Waals surface area (Å²) in [4.78, 5) is 13.0. The third-order valence-electron chi connectivity index (χ3n) is 4.37. The molecule has 1 aliphatic heterocycles. The van der Waals surface area contributed by atoms with Gasteiger partial charge in [-0.2, -0.15) is 4.31 Å². The monoisotopic (exact) mass is 378 g/mol. The van der Waals surface area contributed by atoms with Crippen LogP contribution in [0.3, 0.4) is 0 Å². The molecule has 1 aromatic carbocycles. The molecule has 0 bridgehead atoms. The van der Waals surface area contributed by atoms with E-state index in [2.05, 4.69) is 12.2 Å². The zero-order valence-electron chi connectivity index (χ0n) is 14.4. The SMILES string of the molecule is Cc1ccc(NC(=O)c2cc(S(=O)(=O)N3CCCC(C)C3)cs2)cc1. The number of carbonyl (C=O) groups excluding carboxylic acids is 1. The average molecular weight is 379 g/mol. The van der Waals surface area contributed by atoms with Crippen molar-refractivity contribution in [1.82, 2.24) is 4.31 Å². The summed E-state index contributed by atoms with van der Waals surface area (Å²) in [7, 11) is -3.52. The van der Waals surface area contributed by atoms with Gasteiger partial charge in [-0.3, -0.25) is 4.79 Å². The molecule has 1 unspecified atom stereocenters. The molecule has 1 aromatic heterocycles. The lowest BCUT2D eigenvalue weighted by Crippen LogP contribution is -2.38. The fourth-order valence-electron chi connectivity index (χ4n) is 2.92. The van der Waals surface area contributed by atoms with Crippen LogP contribution in [-0.2, 0) is 10.0 Å². The summed E-state index contributed by atoms with van der Waals surface area (Å²) in [5.41, 5.74) is 1.80. The standard InChI is InChI=1S/C18H22N2O3S2/c1-13-5-7-15(8-6-13)19-18(21)17-10-16(12-24-17)25(22,23)20-9-3-4-14(2)11-20/h5-8,10,12,14H,3-4,9,11H2,1-2H3,(H,19,21). The number of rotatable bonds is 4. The topological polar surface area (TPSA) is 66.5 Å². The quantitative estimate of drug-likeness (QED) is 0.881. The number of amides is 1. The number of carbonyl (C=O) groups is 1. The first-order valence-electron chi connectivity index (χ1n) is 8.33. The number of benzene rings is 1. The Balaban J connectivity index is 1.75. The summed E-state index contributed by atoms with van der Waals surface area (Å²) in [6.45, 7) is 5.13. The van der Waals surface area contributed by atoms with Gasteiger partial charge in [0.25, 0.3) is 5.91 Å². The van der Waals surface area contributed by atoms with Gasteiger partial charge in [-0.1, -0.05) is 24.6 Å². The number of nitrogens with zero attached hydrogens (tertiary/aromatic N) is 1. The first-order chi connectivity index (χ1) is 11.9. The second-order valence-electron chi connectivity index (χ2n) is 6.58. The zero-order valence-corrected chi connectivity index (χ0v) is 16.0. The molecule has 2 aromatic rings. The summed E-state index contributed by atoms with van der Waals surface area (Å²) < 4.78 is 27.1. The molecule has 2 heterocycles. The van der Waals surface area contributed by atoms with E-state index in [4.69, 9.17) is 0 Å². The van der Waals surface area contributed by atoms with Gasteiger partial charge in [0.05, 0.1) is 9.77 Å². The third kappa shape index (κ3) is 4.11. The van der Waals surface area contributed by atoms with E-state index in [1.54, 1.807) is 5.38 Å². The Hall–Kier alpha value is -1.70. The average Bonchev–Trinajstić information content (AvgIpc) is 3.08. The summed E-state index contributed by atoms with van der Waals surface area (Å²) in [5.74, 6) is 0.0776.